The van der Waals surface area contributed by atoms with Gasteiger partial charge in [-0.25, -0.2) is 0 Å². The normalized spacial score (nSPS) is 21.4. The number of aliphatic hydroxyl groups is 12. The van der Waals surface area contributed by atoms with E-state index in [0.29, 0.717) is 25.0 Å². The molecule has 0 aliphatic carbocycles. The van der Waals surface area contributed by atoms with Crippen LogP contribution in [0.15, 0.2) is 150 Å². The fourth-order valence-corrected chi connectivity index (χ4v) is 8.47. The lowest BCUT2D eigenvalue weighted by Crippen LogP contribution is -2.32. The van der Waals surface area contributed by atoms with Gasteiger partial charge in [-0.1, -0.05) is 161 Å². The van der Waals surface area contributed by atoms with Crippen molar-refractivity contribution in [1.29, 1.82) is 0 Å². The van der Waals surface area contributed by atoms with Crippen molar-refractivity contribution in [2.45, 2.75) is 210 Å². The summed E-state index contributed by atoms with van der Waals surface area (Å²) in [6, 6.07) is 0. The maximum atomic E-state index is 12.8. The molecule has 0 bridgehead atoms. The van der Waals surface area contributed by atoms with Gasteiger partial charge in [0.1, 0.15) is 11.9 Å². The Morgan fingerprint density at radius 3 is 1.70 bits per heavy atom. The van der Waals surface area contributed by atoms with E-state index in [2.05, 4.69) is 4.99 Å². The van der Waals surface area contributed by atoms with E-state index in [1.54, 1.807) is 62.5 Å². The van der Waals surface area contributed by atoms with Crippen LogP contribution in [-0.2, 0) is 14.3 Å². The van der Waals surface area contributed by atoms with E-state index in [4.69, 9.17) is 16.2 Å². The Bertz CT molecular complexity index is 2170. The molecule has 0 radical (unpaired) electrons. The predicted molar refractivity (Wildman–Crippen MR) is 324 cm³/mol. The molecule has 1 saturated heterocycles. The first-order valence-electron chi connectivity index (χ1n) is 28.8. The first-order chi connectivity index (χ1) is 38.9. The SMILES string of the molecule is CC(=O)/C(C)=C/C=C/C=C/CC/C=C/C(C)C(O)C(C)C(O)/C=C/C=C/C=C/C=C/C=C/C=C/CC(O)C(C)C(=O)CC(O)CC(O)/C=C/CC(O)CC(O)CC(O)/C=C/CC(O)CC(O)C1OC1CC(O)CC(O)CCCN=C(N)N. The topological polar surface area (TPSA) is 354 Å². The van der Waals surface area contributed by atoms with Gasteiger partial charge in [0.25, 0.3) is 0 Å². The van der Waals surface area contributed by atoms with Crippen molar-refractivity contribution < 1.29 is 75.6 Å². The quantitative estimate of drug-likeness (QED) is 0.00729. The van der Waals surface area contributed by atoms with Gasteiger partial charge in [-0.2, -0.15) is 0 Å². The number of Topliss-reactive ketones (excluding diaryl/α,β-unsaturated/α-hetero) is 2. The number of hydrogen-bond acceptors (Lipinski definition) is 16. The molecular weight excluding hydrogens is 1050 g/mol. The fraction of sp³-hybridized carbons (Fsp3) is 0.578. The number of aliphatic hydroxyl groups excluding tert-OH is 12. The number of nitrogens with two attached hydrogens (primary N) is 2. The highest BCUT2D eigenvalue weighted by Crippen LogP contribution is 2.32. The molecule has 0 aromatic heterocycles. The molecule has 1 heterocycles. The van der Waals surface area contributed by atoms with Crippen LogP contribution in [0.3, 0.4) is 0 Å². The number of hydrogen-bond donors (Lipinski definition) is 14. The number of nitrogens with zero attached hydrogens (tertiary/aromatic N) is 1. The van der Waals surface area contributed by atoms with Crippen LogP contribution in [0, 0.1) is 17.8 Å². The molecule has 1 aliphatic rings. The van der Waals surface area contributed by atoms with Crippen LogP contribution in [-0.4, -0.2) is 171 Å². The first kappa shape index (κ1) is 75.0. The minimum Gasteiger partial charge on any atom is -0.393 e. The standard InChI is InChI=1S/C64H101N3O15/c1-44(48(5)68)27-20-16-12-11-13-17-21-28-45(2)62(81)47(4)58(78)35-23-19-15-10-8-6-7-9-14-18-22-34-57(77)46(3)59(79)42-55(75)39-51(71)30-24-29-49(69)37-54(74)38-50(70)31-25-32-53(73)41-60(80)63-61(82-63)43-56(76)40-52(72)33-26-36-67-64(65)66/h6-12,14-16,18-25,27-28,30-31,35,45-47,49-58,60-63,69-78,80-81H,13,17,26,29,32-34,36-43H2,1-5H3,(H4,65,66,67)/b7-6+,10-8+,12-11+,14-9+,19-15+,20-16+,22-18+,28-21+,30-24+,31-25+,35-23+,44-27+. The van der Waals surface area contributed by atoms with E-state index in [0.717, 1.165) is 12.8 Å². The molecule has 0 amide bonds. The molecule has 16 N–H and O–H groups in total. The average molecular weight is 1150 g/mol. The van der Waals surface area contributed by atoms with E-state index in [1.807, 2.05) is 80.7 Å². The molecule has 18 heteroatoms. The van der Waals surface area contributed by atoms with Gasteiger partial charge in [-0.15, -0.1) is 0 Å². The van der Waals surface area contributed by atoms with Crippen LogP contribution in [0.1, 0.15) is 125 Å². The number of allylic oxidation sites excluding steroid dienone is 17. The second-order valence-electron chi connectivity index (χ2n) is 21.5. The van der Waals surface area contributed by atoms with Crippen LogP contribution in [0.5, 0.6) is 0 Å². The molecular formula is C64H101N3O15. The third-order valence-corrected chi connectivity index (χ3v) is 13.8. The van der Waals surface area contributed by atoms with E-state index in [9.17, 15) is 70.9 Å². The predicted octanol–water partition coefficient (Wildman–Crippen LogP) is 4.95. The smallest absolute Gasteiger partial charge is 0.185 e. The van der Waals surface area contributed by atoms with E-state index in [-0.39, 0.29) is 93.6 Å². The molecule has 82 heavy (non-hydrogen) atoms. The molecule has 18 nitrogen and oxygen atoms in total. The Balaban J connectivity index is 2.30. The zero-order valence-electron chi connectivity index (χ0n) is 48.9. The molecule has 0 aromatic carbocycles. The van der Waals surface area contributed by atoms with Crippen LogP contribution in [0.2, 0.25) is 0 Å². The van der Waals surface area contributed by atoms with Crippen LogP contribution in [0.25, 0.3) is 0 Å². The summed E-state index contributed by atoms with van der Waals surface area (Å²) in [5.74, 6) is -1.60. The molecule has 17 atom stereocenters. The lowest BCUT2D eigenvalue weighted by atomic mass is 9.88. The summed E-state index contributed by atoms with van der Waals surface area (Å²) in [6.45, 7) is 9.01. The van der Waals surface area contributed by atoms with Gasteiger partial charge in [0.05, 0.1) is 79.4 Å². The lowest BCUT2D eigenvalue weighted by molar-refractivity contribution is -0.127. The van der Waals surface area contributed by atoms with E-state index in [1.165, 1.54) is 31.2 Å². The summed E-state index contributed by atoms with van der Waals surface area (Å²) in [6.07, 6.45) is 31.0. The van der Waals surface area contributed by atoms with Crippen molar-refractivity contribution in [3.05, 3.63) is 145 Å². The molecule has 1 rings (SSSR count). The monoisotopic (exact) mass is 1150 g/mol. The number of rotatable bonds is 45. The van der Waals surface area contributed by atoms with Crippen molar-refractivity contribution in [2.75, 3.05) is 6.54 Å². The third kappa shape index (κ3) is 37.9. The lowest BCUT2D eigenvalue weighted by Gasteiger charge is -2.25. The number of ether oxygens (including phenoxy) is 1. The van der Waals surface area contributed by atoms with Crippen molar-refractivity contribution in [3.63, 3.8) is 0 Å². The zero-order valence-corrected chi connectivity index (χ0v) is 48.9. The Kier molecular flexibility index (Phi) is 40.7. The van der Waals surface area contributed by atoms with Crippen molar-refractivity contribution in [3.8, 4) is 0 Å². The minimum absolute atomic E-state index is 0.00388. The highest BCUT2D eigenvalue weighted by atomic mass is 16.6. The molecule has 17 unspecified atom stereocenters. The number of guanidine groups is 1. The maximum Gasteiger partial charge on any atom is 0.185 e. The number of carbonyl (C=O) groups excluding carboxylic acids is 2. The molecule has 1 fully saturated rings. The summed E-state index contributed by atoms with van der Waals surface area (Å²) in [7, 11) is 0. The Labute approximate surface area is 487 Å². The number of unbranched alkanes of at least 4 members (excludes halogenated alkanes) is 1. The second kappa shape index (κ2) is 44.5. The van der Waals surface area contributed by atoms with Crippen LogP contribution < -0.4 is 11.5 Å². The molecule has 0 aromatic rings. The highest BCUT2D eigenvalue weighted by molar-refractivity contribution is 5.92. The maximum absolute atomic E-state index is 12.8. The number of ketones is 2. The van der Waals surface area contributed by atoms with Gasteiger partial charge in [0.2, 0.25) is 0 Å². The Hall–Kier alpha value is -5.03. The fourth-order valence-electron chi connectivity index (χ4n) is 8.47. The second-order valence-corrected chi connectivity index (χ2v) is 21.5. The Morgan fingerprint density at radius 2 is 1.09 bits per heavy atom. The summed E-state index contributed by atoms with van der Waals surface area (Å²) in [5.41, 5.74) is 11.3. The van der Waals surface area contributed by atoms with Gasteiger partial charge < -0.3 is 77.5 Å². The van der Waals surface area contributed by atoms with Gasteiger partial charge in [-0.05, 0) is 77.2 Å². The molecule has 1 aliphatic heterocycles. The largest absolute Gasteiger partial charge is 0.393 e. The van der Waals surface area contributed by atoms with Gasteiger partial charge in [0, 0.05) is 56.4 Å². The Morgan fingerprint density at radius 1 is 0.549 bits per heavy atom. The van der Waals surface area contributed by atoms with Crippen LogP contribution in [0.4, 0.5) is 0 Å². The van der Waals surface area contributed by atoms with Crippen molar-refractivity contribution >= 4 is 17.5 Å². The van der Waals surface area contributed by atoms with Gasteiger partial charge >= 0.3 is 0 Å². The van der Waals surface area contributed by atoms with Gasteiger partial charge in [-0.3, -0.25) is 14.6 Å². The van der Waals surface area contributed by atoms with Crippen LogP contribution >= 0.6 is 0 Å². The molecule has 0 spiro atoms. The first-order valence-corrected chi connectivity index (χ1v) is 28.8. The van der Waals surface area contributed by atoms with Crippen molar-refractivity contribution in [2.24, 2.45) is 34.2 Å². The third-order valence-electron chi connectivity index (χ3n) is 13.8. The summed E-state index contributed by atoms with van der Waals surface area (Å²) < 4.78 is 5.49. The van der Waals surface area contributed by atoms with E-state index < -0.39 is 91.4 Å². The number of epoxide rings is 1. The summed E-state index contributed by atoms with van der Waals surface area (Å²) in [4.78, 5) is 27.9. The number of carbonyl (C=O) groups is 2. The minimum atomic E-state index is -1.17. The van der Waals surface area contributed by atoms with E-state index >= 15 is 0 Å². The summed E-state index contributed by atoms with van der Waals surface area (Å²) in [5, 5.41) is 125. The highest BCUT2D eigenvalue weighted by Gasteiger charge is 2.45. The molecule has 0 saturated carbocycles. The molecule has 462 valence electrons. The average Bonchev–Trinajstić information content (AvgIpc) is 4.18. The van der Waals surface area contributed by atoms with Gasteiger partial charge in [0.15, 0.2) is 11.7 Å². The van der Waals surface area contributed by atoms with Crippen molar-refractivity contribution in [1.82, 2.24) is 0 Å². The summed E-state index contributed by atoms with van der Waals surface area (Å²) >= 11 is 0. The zero-order chi connectivity index (χ0) is 61.4. The number of aliphatic imine (C=N–C) groups is 1.